The van der Waals surface area contributed by atoms with Crippen LogP contribution in [-0.4, -0.2) is 29.5 Å². The van der Waals surface area contributed by atoms with E-state index in [-0.39, 0.29) is 13.2 Å². The normalized spacial score (nSPS) is 13.6. The fourth-order valence-corrected chi connectivity index (χ4v) is 2.15. The lowest BCUT2D eigenvalue weighted by molar-refractivity contribution is 0.171. The molecule has 0 bridgehead atoms. The maximum atomic E-state index is 10.7. The first kappa shape index (κ1) is 15.8. The minimum Gasteiger partial charge on any atom is -0.465 e. The summed E-state index contributed by atoms with van der Waals surface area (Å²) in [5, 5.41) is 21.4. The summed E-state index contributed by atoms with van der Waals surface area (Å²) in [5.41, 5.74) is -0.0907. The second-order valence-corrected chi connectivity index (χ2v) is 5.03. The average Bonchev–Trinajstić information content (AvgIpc) is 2.38. The number of carboxylic acid groups (broad SMARTS) is 1. The summed E-state index contributed by atoms with van der Waals surface area (Å²) >= 11 is 11.8. The molecule has 3 N–H and O–H groups in total. The van der Waals surface area contributed by atoms with Crippen LogP contribution in [0.25, 0.3) is 0 Å². The molecule has 0 radical (unpaired) electrons. The van der Waals surface area contributed by atoms with Gasteiger partial charge in [0.25, 0.3) is 0 Å². The third-order valence-electron chi connectivity index (χ3n) is 2.95. The topological polar surface area (TPSA) is 69.6 Å². The highest BCUT2D eigenvalue weighted by Gasteiger charge is 2.31. The molecule has 0 aliphatic rings. The van der Waals surface area contributed by atoms with Gasteiger partial charge in [0.1, 0.15) is 0 Å². The molecule has 4 nitrogen and oxygen atoms in total. The predicted molar refractivity (Wildman–Crippen MR) is 76.1 cm³/mol. The van der Waals surface area contributed by atoms with Crippen molar-refractivity contribution in [3.8, 4) is 0 Å². The van der Waals surface area contributed by atoms with Crippen LogP contribution >= 0.6 is 23.2 Å². The highest BCUT2D eigenvalue weighted by Crippen LogP contribution is 2.32. The van der Waals surface area contributed by atoms with Gasteiger partial charge in [-0.05, 0) is 24.1 Å². The van der Waals surface area contributed by atoms with Gasteiger partial charge in [-0.2, -0.15) is 0 Å². The lowest BCUT2D eigenvalue weighted by Crippen LogP contribution is -2.42. The molecule has 0 fully saturated rings. The van der Waals surface area contributed by atoms with Crippen molar-refractivity contribution in [2.75, 3.05) is 13.2 Å². The van der Waals surface area contributed by atoms with Crippen molar-refractivity contribution < 1.29 is 15.0 Å². The number of amides is 1. The van der Waals surface area contributed by atoms with Gasteiger partial charge in [0.2, 0.25) is 0 Å². The van der Waals surface area contributed by atoms with Crippen molar-refractivity contribution in [1.29, 1.82) is 0 Å². The van der Waals surface area contributed by atoms with Gasteiger partial charge < -0.3 is 15.5 Å². The van der Waals surface area contributed by atoms with E-state index >= 15 is 0 Å². The van der Waals surface area contributed by atoms with Crippen LogP contribution in [-0.2, 0) is 5.41 Å². The number of rotatable bonds is 6. The van der Waals surface area contributed by atoms with Gasteiger partial charge in [0.15, 0.2) is 0 Å². The predicted octanol–water partition coefficient (Wildman–Crippen LogP) is 3.07. The van der Waals surface area contributed by atoms with Crippen LogP contribution in [0.4, 0.5) is 4.79 Å². The molecule has 0 heterocycles. The quantitative estimate of drug-likeness (QED) is 0.707. The molecule has 0 aliphatic heterocycles. The van der Waals surface area contributed by atoms with Gasteiger partial charge >= 0.3 is 6.09 Å². The van der Waals surface area contributed by atoms with E-state index in [0.717, 1.165) is 0 Å². The van der Waals surface area contributed by atoms with E-state index in [4.69, 9.17) is 28.3 Å². The van der Waals surface area contributed by atoms with E-state index in [1.807, 2.05) is 0 Å². The number of hydrogen-bond donors (Lipinski definition) is 3. The van der Waals surface area contributed by atoms with E-state index in [2.05, 4.69) is 11.9 Å². The number of halogens is 2. The molecular weight excluding hydrogens is 289 g/mol. The maximum Gasteiger partial charge on any atom is 0.404 e. The molecule has 1 aromatic rings. The minimum absolute atomic E-state index is 0.0583. The van der Waals surface area contributed by atoms with Crippen LogP contribution in [0.5, 0.6) is 0 Å². The summed E-state index contributed by atoms with van der Waals surface area (Å²) in [6.45, 7) is 3.46. The molecule has 0 aromatic heterocycles. The van der Waals surface area contributed by atoms with Crippen LogP contribution in [0, 0.1) is 0 Å². The fourth-order valence-electron chi connectivity index (χ4n) is 1.85. The van der Waals surface area contributed by atoms with E-state index in [9.17, 15) is 9.90 Å². The molecule has 1 atom stereocenters. The Bertz CT molecular complexity index is 479. The number of allylic oxidation sites excluding steroid dienone is 1. The lowest BCUT2D eigenvalue weighted by atomic mass is 9.78. The molecule has 0 spiro atoms. The highest BCUT2D eigenvalue weighted by molar-refractivity contribution is 6.42. The van der Waals surface area contributed by atoms with Crippen molar-refractivity contribution in [2.45, 2.75) is 11.8 Å². The Morgan fingerprint density at radius 2 is 2.11 bits per heavy atom. The van der Waals surface area contributed by atoms with Crippen LogP contribution in [0.15, 0.2) is 30.9 Å². The van der Waals surface area contributed by atoms with Crippen LogP contribution < -0.4 is 5.32 Å². The third kappa shape index (κ3) is 3.86. The van der Waals surface area contributed by atoms with Crippen LogP contribution in [0.2, 0.25) is 10.0 Å². The summed E-state index contributed by atoms with van der Waals surface area (Å²) < 4.78 is 0. The van der Waals surface area contributed by atoms with Crippen LogP contribution in [0.1, 0.15) is 12.0 Å². The molecule has 1 rings (SSSR count). The number of aliphatic hydroxyl groups is 1. The standard InChI is InChI=1S/C13H15Cl2NO3/c1-2-5-13(8-17,7-16-12(18)19)9-3-4-10(14)11(15)6-9/h2-4,6,16-17H,1,5,7-8H2,(H,18,19). The maximum absolute atomic E-state index is 10.7. The highest BCUT2D eigenvalue weighted by atomic mass is 35.5. The van der Waals surface area contributed by atoms with Gasteiger partial charge in [-0.15, -0.1) is 6.58 Å². The SMILES string of the molecule is C=CCC(CO)(CNC(=O)O)c1ccc(Cl)c(Cl)c1. The van der Waals surface area contributed by atoms with Gasteiger partial charge in [-0.1, -0.05) is 35.3 Å². The van der Waals surface area contributed by atoms with Crippen molar-refractivity contribution in [2.24, 2.45) is 0 Å². The van der Waals surface area contributed by atoms with Gasteiger partial charge in [-0.3, -0.25) is 0 Å². The number of hydrogen-bond acceptors (Lipinski definition) is 2. The van der Waals surface area contributed by atoms with Crippen LogP contribution in [0.3, 0.4) is 0 Å². The first-order valence-electron chi connectivity index (χ1n) is 5.59. The molecule has 0 saturated heterocycles. The van der Waals surface area contributed by atoms with Crippen molar-refractivity contribution >= 4 is 29.3 Å². The second kappa shape index (κ2) is 6.80. The molecule has 1 unspecified atom stereocenters. The van der Waals surface area contributed by atoms with Gasteiger partial charge in [-0.25, -0.2) is 4.79 Å². The average molecular weight is 304 g/mol. The fraction of sp³-hybridized carbons (Fsp3) is 0.308. The Morgan fingerprint density at radius 1 is 1.42 bits per heavy atom. The molecule has 1 amide bonds. The largest absolute Gasteiger partial charge is 0.465 e. The van der Waals surface area contributed by atoms with E-state index in [1.165, 1.54) is 0 Å². The molecule has 1 aromatic carbocycles. The van der Waals surface area contributed by atoms with Gasteiger partial charge in [0.05, 0.1) is 16.7 Å². The molecule has 6 heteroatoms. The Balaban J connectivity index is 3.16. The summed E-state index contributed by atoms with van der Waals surface area (Å²) in [6.07, 6.45) is 0.881. The smallest absolute Gasteiger partial charge is 0.404 e. The molecule has 19 heavy (non-hydrogen) atoms. The zero-order valence-electron chi connectivity index (χ0n) is 10.2. The zero-order valence-corrected chi connectivity index (χ0v) is 11.7. The first-order valence-corrected chi connectivity index (χ1v) is 6.35. The van der Waals surface area contributed by atoms with Crippen molar-refractivity contribution in [3.63, 3.8) is 0 Å². The number of carbonyl (C=O) groups is 1. The van der Waals surface area contributed by atoms with Gasteiger partial charge in [0, 0.05) is 12.0 Å². The molecule has 0 saturated carbocycles. The number of aliphatic hydroxyl groups excluding tert-OH is 1. The molecule has 104 valence electrons. The second-order valence-electron chi connectivity index (χ2n) is 4.22. The Hall–Kier alpha value is -1.23. The van der Waals surface area contributed by atoms with E-state index in [0.29, 0.717) is 22.0 Å². The Morgan fingerprint density at radius 3 is 2.58 bits per heavy atom. The van der Waals surface area contributed by atoms with Crippen molar-refractivity contribution in [1.82, 2.24) is 5.32 Å². The van der Waals surface area contributed by atoms with Crippen molar-refractivity contribution in [3.05, 3.63) is 46.5 Å². The molecule has 0 aliphatic carbocycles. The third-order valence-corrected chi connectivity index (χ3v) is 3.69. The van der Waals surface area contributed by atoms with E-state index < -0.39 is 11.5 Å². The summed E-state index contributed by atoms with van der Waals surface area (Å²) in [6, 6.07) is 4.97. The summed E-state index contributed by atoms with van der Waals surface area (Å²) in [7, 11) is 0. The number of nitrogens with one attached hydrogen (secondary N) is 1. The monoisotopic (exact) mass is 303 g/mol. The zero-order chi connectivity index (χ0) is 14.5. The Kier molecular flexibility index (Phi) is 5.66. The summed E-state index contributed by atoms with van der Waals surface area (Å²) in [4.78, 5) is 10.7. The lowest BCUT2D eigenvalue weighted by Gasteiger charge is -2.31. The summed E-state index contributed by atoms with van der Waals surface area (Å²) in [5.74, 6) is 0. The Labute approximate surface area is 121 Å². The number of benzene rings is 1. The molecular formula is C13H15Cl2NO3. The minimum atomic E-state index is -1.15. The van der Waals surface area contributed by atoms with E-state index in [1.54, 1.807) is 24.3 Å². The first-order chi connectivity index (χ1) is 8.95.